The van der Waals surface area contributed by atoms with E-state index in [9.17, 15) is 0 Å². The normalized spacial score (nSPS) is 23.8. The molecule has 2 aliphatic heterocycles. The van der Waals surface area contributed by atoms with Gasteiger partial charge < -0.3 is 16.0 Å². The Morgan fingerprint density at radius 2 is 2.07 bits per heavy atom. The maximum absolute atomic E-state index is 6.37. The van der Waals surface area contributed by atoms with Crippen molar-refractivity contribution in [2.24, 2.45) is 5.92 Å². The summed E-state index contributed by atoms with van der Waals surface area (Å²) in [6.45, 7) is 5.18. The van der Waals surface area contributed by atoms with Crippen LogP contribution in [-0.4, -0.2) is 35.6 Å². The Bertz CT molecular complexity index is 838. The topological polar surface area (TPSA) is 67.1 Å². The summed E-state index contributed by atoms with van der Waals surface area (Å²) in [6.07, 6.45) is 6.93. The molecule has 2 aromatic rings. The molecular weight excluding hydrogens is 393 g/mol. The molecule has 2 aliphatic rings. The van der Waals surface area contributed by atoms with Crippen molar-refractivity contribution in [2.75, 3.05) is 30.3 Å². The summed E-state index contributed by atoms with van der Waals surface area (Å²) >= 11 is 12.4. The molecule has 0 amide bonds. The number of benzene rings is 1. The lowest BCUT2D eigenvalue weighted by Gasteiger charge is -2.29. The van der Waals surface area contributed by atoms with Crippen molar-refractivity contribution in [1.29, 1.82) is 0 Å². The minimum atomic E-state index is -0.00316. The van der Waals surface area contributed by atoms with E-state index in [2.05, 4.69) is 27.1 Å². The van der Waals surface area contributed by atoms with Crippen molar-refractivity contribution in [3.8, 4) is 0 Å². The molecule has 0 radical (unpaired) electrons. The molecule has 7 heteroatoms. The molecule has 0 spiro atoms. The monoisotopic (exact) mass is 419 g/mol. The van der Waals surface area contributed by atoms with E-state index in [0.29, 0.717) is 27.8 Å². The Balaban J connectivity index is 1.48. The lowest BCUT2D eigenvalue weighted by atomic mass is 9.91. The predicted molar refractivity (Wildman–Crippen MR) is 116 cm³/mol. The van der Waals surface area contributed by atoms with Gasteiger partial charge in [0.25, 0.3) is 0 Å². The van der Waals surface area contributed by atoms with Crippen LogP contribution in [0.25, 0.3) is 0 Å². The number of nitrogens with one attached hydrogen (secondary N) is 1. The van der Waals surface area contributed by atoms with Gasteiger partial charge in [0.15, 0.2) is 0 Å². The second-order valence-electron chi connectivity index (χ2n) is 7.95. The number of rotatable bonds is 4. The molecule has 2 saturated heterocycles. The average Bonchev–Trinajstić information content (AvgIpc) is 3.18. The fourth-order valence-corrected chi connectivity index (χ4v) is 5.05. The van der Waals surface area contributed by atoms with Gasteiger partial charge in [0.2, 0.25) is 5.95 Å². The Kier molecular flexibility index (Phi) is 5.95. The Morgan fingerprint density at radius 1 is 1.21 bits per heavy atom. The third-order valence-electron chi connectivity index (χ3n) is 6.16. The van der Waals surface area contributed by atoms with Gasteiger partial charge >= 0.3 is 0 Å². The van der Waals surface area contributed by atoms with E-state index in [1.807, 2.05) is 18.3 Å². The van der Waals surface area contributed by atoms with Gasteiger partial charge in [-0.15, -0.1) is 0 Å². The summed E-state index contributed by atoms with van der Waals surface area (Å²) in [5, 5.41) is 4.93. The Morgan fingerprint density at radius 3 is 2.79 bits per heavy atom. The molecule has 5 nitrogen and oxygen atoms in total. The van der Waals surface area contributed by atoms with Crippen LogP contribution in [0.5, 0.6) is 0 Å². The molecule has 28 heavy (non-hydrogen) atoms. The molecule has 0 aliphatic carbocycles. The average molecular weight is 420 g/mol. The van der Waals surface area contributed by atoms with Crippen LogP contribution < -0.4 is 16.0 Å². The SMILES string of the molecule is C[C@@H](c1ccc(Cl)cc1Cl)c1cnc(N2CCC(C3CCCCN3)C2)nc1N. The van der Waals surface area contributed by atoms with E-state index in [4.69, 9.17) is 28.9 Å². The number of halogens is 2. The first-order valence-electron chi connectivity index (χ1n) is 10.1. The van der Waals surface area contributed by atoms with Gasteiger partial charge in [0.05, 0.1) is 0 Å². The lowest BCUT2D eigenvalue weighted by molar-refractivity contribution is 0.311. The molecule has 1 aromatic carbocycles. The zero-order chi connectivity index (χ0) is 19.7. The van der Waals surface area contributed by atoms with Crippen molar-refractivity contribution >= 4 is 35.0 Å². The van der Waals surface area contributed by atoms with E-state index >= 15 is 0 Å². The van der Waals surface area contributed by atoms with Crippen molar-refractivity contribution in [3.05, 3.63) is 45.6 Å². The fraction of sp³-hybridized carbons (Fsp3) is 0.524. The number of nitrogen functional groups attached to an aromatic ring is 1. The molecule has 2 unspecified atom stereocenters. The second-order valence-corrected chi connectivity index (χ2v) is 8.79. The first-order valence-corrected chi connectivity index (χ1v) is 10.8. The molecule has 3 N–H and O–H groups in total. The Labute approximate surface area is 176 Å². The van der Waals surface area contributed by atoms with E-state index in [1.54, 1.807) is 6.07 Å². The second kappa shape index (κ2) is 8.44. The van der Waals surface area contributed by atoms with Crippen LogP contribution in [0.4, 0.5) is 11.8 Å². The summed E-state index contributed by atoms with van der Waals surface area (Å²) in [4.78, 5) is 11.5. The highest BCUT2D eigenvalue weighted by Crippen LogP contribution is 2.34. The van der Waals surface area contributed by atoms with Crippen molar-refractivity contribution < 1.29 is 0 Å². The van der Waals surface area contributed by atoms with E-state index in [-0.39, 0.29) is 5.92 Å². The van der Waals surface area contributed by atoms with Crippen LogP contribution in [0, 0.1) is 5.92 Å². The van der Waals surface area contributed by atoms with E-state index < -0.39 is 0 Å². The molecule has 3 atom stereocenters. The Hall–Kier alpha value is -1.56. The maximum Gasteiger partial charge on any atom is 0.227 e. The molecular formula is C21H27Cl2N5. The molecule has 1 aromatic heterocycles. The summed E-state index contributed by atoms with van der Waals surface area (Å²) in [5.41, 5.74) is 8.18. The third-order valence-corrected chi connectivity index (χ3v) is 6.72. The zero-order valence-corrected chi connectivity index (χ0v) is 17.7. The van der Waals surface area contributed by atoms with Crippen LogP contribution in [0.15, 0.2) is 24.4 Å². The maximum atomic E-state index is 6.37. The minimum absolute atomic E-state index is 0.00316. The summed E-state index contributed by atoms with van der Waals surface area (Å²) < 4.78 is 0. The number of anilines is 2. The van der Waals surface area contributed by atoms with Crippen molar-refractivity contribution in [1.82, 2.24) is 15.3 Å². The van der Waals surface area contributed by atoms with Gasteiger partial charge in [0, 0.05) is 46.9 Å². The minimum Gasteiger partial charge on any atom is -0.383 e. The van der Waals surface area contributed by atoms with Crippen LogP contribution in [0.1, 0.15) is 49.7 Å². The van der Waals surface area contributed by atoms with Gasteiger partial charge in [-0.25, -0.2) is 4.98 Å². The molecule has 0 bridgehead atoms. The number of nitrogens with two attached hydrogens (primary N) is 1. The standard InChI is InChI=1S/C21H27Cl2N5/c1-13(16-6-5-15(22)10-18(16)23)17-11-26-21(27-20(17)24)28-9-7-14(12-28)19-4-2-3-8-25-19/h5-6,10-11,13-14,19,25H,2-4,7-9,12H2,1H3,(H2,24,26,27)/t13-,14?,19?/m0/s1. The largest absolute Gasteiger partial charge is 0.383 e. The number of aromatic nitrogens is 2. The zero-order valence-electron chi connectivity index (χ0n) is 16.2. The fourth-order valence-electron chi connectivity index (χ4n) is 4.48. The highest BCUT2D eigenvalue weighted by Gasteiger charge is 2.31. The molecule has 2 fully saturated rings. The lowest BCUT2D eigenvalue weighted by Crippen LogP contribution is -2.41. The van der Waals surface area contributed by atoms with Crippen molar-refractivity contribution in [2.45, 2.75) is 44.6 Å². The molecule has 150 valence electrons. The summed E-state index contributed by atoms with van der Waals surface area (Å²) in [7, 11) is 0. The van der Waals surface area contributed by atoms with Gasteiger partial charge in [-0.3, -0.25) is 0 Å². The van der Waals surface area contributed by atoms with Crippen molar-refractivity contribution in [3.63, 3.8) is 0 Å². The van der Waals surface area contributed by atoms with Gasteiger partial charge in [-0.2, -0.15) is 4.98 Å². The molecule has 4 rings (SSSR count). The van der Waals surface area contributed by atoms with Crippen LogP contribution in [-0.2, 0) is 0 Å². The van der Waals surface area contributed by atoms with Gasteiger partial charge in [0.1, 0.15) is 5.82 Å². The first kappa shape index (κ1) is 19.7. The quantitative estimate of drug-likeness (QED) is 0.763. The molecule has 3 heterocycles. The van der Waals surface area contributed by atoms with E-state index in [0.717, 1.165) is 36.7 Å². The third kappa shape index (κ3) is 4.07. The highest BCUT2D eigenvalue weighted by molar-refractivity contribution is 6.35. The van der Waals surface area contributed by atoms with E-state index in [1.165, 1.54) is 25.7 Å². The number of piperidine rings is 1. The van der Waals surface area contributed by atoms with Crippen LogP contribution >= 0.6 is 23.2 Å². The first-order chi connectivity index (χ1) is 13.5. The summed E-state index contributed by atoms with van der Waals surface area (Å²) in [6, 6.07) is 6.16. The summed E-state index contributed by atoms with van der Waals surface area (Å²) in [5.74, 6) is 1.91. The molecule has 0 saturated carbocycles. The van der Waals surface area contributed by atoms with Gasteiger partial charge in [-0.1, -0.05) is 42.6 Å². The number of hydrogen-bond donors (Lipinski definition) is 2. The predicted octanol–water partition coefficient (Wildman–Crippen LogP) is 4.49. The van der Waals surface area contributed by atoms with Crippen LogP contribution in [0.3, 0.4) is 0 Å². The number of nitrogens with zero attached hydrogens (tertiary/aromatic N) is 3. The number of hydrogen-bond acceptors (Lipinski definition) is 5. The highest BCUT2D eigenvalue weighted by atomic mass is 35.5. The smallest absolute Gasteiger partial charge is 0.227 e. The van der Waals surface area contributed by atoms with Crippen LogP contribution in [0.2, 0.25) is 10.0 Å². The van der Waals surface area contributed by atoms with Gasteiger partial charge in [-0.05, 0) is 49.4 Å².